The number of likely N-dealkylation sites (tertiary alicyclic amines) is 1. The summed E-state index contributed by atoms with van der Waals surface area (Å²) in [6, 6.07) is 17.4. The van der Waals surface area contributed by atoms with Crippen LogP contribution in [0.25, 0.3) is 16.8 Å². The highest BCUT2D eigenvalue weighted by Gasteiger charge is 2.28. The van der Waals surface area contributed by atoms with Crippen molar-refractivity contribution >= 4 is 11.6 Å². The predicted octanol–water partition coefficient (Wildman–Crippen LogP) is 3.82. The second kappa shape index (κ2) is 8.18. The number of nitrogens with zero attached hydrogens (tertiary/aromatic N) is 5. The molecule has 0 spiro atoms. The molecular formula is C24H23N5O2. The van der Waals surface area contributed by atoms with Gasteiger partial charge in [-0.25, -0.2) is 9.50 Å². The quantitative estimate of drug-likeness (QED) is 0.509. The van der Waals surface area contributed by atoms with Gasteiger partial charge in [-0.05, 0) is 54.8 Å². The Morgan fingerprint density at radius 2 is 2.03 bits per heavy atom. The third-order valence-corrected chi connectivity index (χ3v) is 5.71. The molecule has 1 amide bonds. The van der Waals surface area contributed by atoms with Crippen LogP contribution in [0.5, 0.6) is 5.75 Å². The zero-order chi connectivity index (χ0) is 21.2. The molecule has 31 heavy (non-hydrogen) atoms. The fourth-order valence-electron chi connectivity index (χ4n) is 4.07. The van der Waals surface area contributed by atoms with Crippen LogP contribution < -0.4 is 4.74 Å². The van der Waals surface area contributed by atoms with Crippen molar-refractivity contribution in [3.8, 4) is 16.9 Å². The Labute approximate surface area is 180 Å². The Hall–Kier alpha value is -3.74. The third kappa shape index (κ3) is 3.86. The van der Waals surface area contributed by atoms with Crippen LogP contribution in [-0.2, 0) is 0 Å². The van der Waals surface area contributed by atoms with Crippen LogP contribution in [0.2, 0.25) is 0 Å². The first-order valence-electron chi connectivity index (χ1n) is 10.4. The number of ether oxygens (including phenoxy) is 1. The number of rotatable bonds is 4. The van der Waals surface area contributed by atoms with E-state index in [4.69, 9.17) is 14.8 Å². The predicted molar refractivity (Wildman–Crippen MR) is 117 cm³/mol. The number of pyridine rings is 2. The number of carbonyl (C=O) groups is 1. The summed E-state index contributed by atoms with van der Waals surface area (Å²) in [5, 5.41) is 4.75. The molecule has 1 aromatic carbocycles. The molecule has 1 fully saturated rings. The SMILES string of the molecule is COc1cccc(-c2ccc3nc([C@@H]4CCCN(C(=O)c5ccccn5)C4)nn3c2)c1. The number of aromatic nitrogens is 4. The maximum atomic E-state index is 12.8. The fourth-order valence-corrected chi connectivity index (χ4v) is 4.07. The number of carbonyl (C=O) groups excluding carboxylic acids is 1. The molecule has 0 N–H and O–H groups in total. The van der Waals surface area contributed by atoms with Crippen molar-refractivity contribution in [2.45, 2.75) is 18.8 Å². The van der Waals surface area contributed by atoms with Gasteiger partial charge in [-0.15, -0.1) is 0 Å². The largest absolute Gasteiger partial charge is 0.497 e. The lowest BCUT2D eigenvalue weighted by atomic mass is 9.97. The van der Waals surface area contributed by atoms with Gasteiger partial charge in [0, 0.05) is 37.0 Å². The Balaban J connectivity index is 1.39. The van der Waals surface area contributed by atoms with Crippen LogP contribution in [0.1, 0.15) is 35.1 Å². The lowest BCUT2D eigenvalue weighted by molar-refractivity contribution is 0.0698. The number of hydrogen-bond donors (Lipinski definition) is 0. The molecule has 0 radical (unpaired) electrons. The minimum absolute atomic E-state index is 0.0330. The number of amides is 1. The van der Waals surface area contributed by atoms with Crippen LogP contribution in [-0.4, -0.2) is 50.6 Å². The van der Waals surface area contributed by atoms with Gasteiger partial charge in [0.05, 0.1) is 7.11 Å². The molecule has 0 unspecified atom stereocenters. The summed E-state index contributed by atoms with van der Waals surface area (Å²) in [6.07, 6.45) is 5.53. The van der Waals surface area contributed by atoms with Crippen molar-refractivity contribution in [2.75, 3.05) is 20.2 Å². The molecule has 1 aliphatic rings. The first-order chi connectivity index (χ1) is 15.2. The van der Waals surface area contributed by atoms with Crippen molar-refractivity contribution in [3.05, 3.63) is 78.5 Å². The highest BCUT2D eigenvalue weighted by molar-refractivity contribution is 5.92. The number of fused-ring (bicyclic) bond motifs is 1. The summed E-state index contributed by atoms with van der Waals surface area (Å²) in [4.78, 5) is 23.6. The van der Waals surface area contributed by atoms with E-state index in [1.54, 1.807) is 19.4 Å². The molecule has 156 valence electrons. The normalized spacial score (nSPS) is 16.4. The van der Waals surface area contributed by atoms with Crippen molar-refractivity contribution in [3.63, 3.8) is 0 Å². The third-order valence-electron chi connectivity index (χ3n) is 5.71. The molecule has 4 aromatic rings. The molecule has 7 nitrogen and oxygen atoms in total. The maximum absolute atomic E-state index is 12.8. The summed E-state index contributed by atoms with van der Waals surface area (Å²) in [5.41, 5.74) is 3.38. The Bertz CT molecular complexity index is 1220. The van der Waals surface area contributed by atoms with Crippen molar-refractivity contribution in [1.29, 1.82) is 0 Å². The van der Waals surface area contributed by atoms with Gasteiger partial charge in [-0.3, -0.25) is 9.78 Å². The molecule has 0 saturated carbocycles. The standard InChI is InChI=1S/C24H23N5O2/c1-31-20-8-4-6-17(14-20)18-10-11-22-26-23(27-29(22)16-18)19-7-5-13-28(15-19)24(30)21-9-2-3-12-25-21/h2-4,6,8-12,14,16,19H,5,7,13,15H2,1H3/t19-/m1/s1. The van der Waals surface area contributed by atoms with E-state index in [0.29, 0.717) is 12.2 Å². The van der Waals surface area contributed by atoms with E-state index >= 15 is 0 Å². The van der Waals surface area contributed by atoms with E-state index in [1.165, 1.54) is 0 Å². The van der Waals surface area contributed by atoms with Gasteiger partial charge in [-0.2, -0.15) is 5.10 Å². The molecule has 5 rings (SSSR count). The second-order valence-electron chi connectivity index (χ2n) is 7.73. The van der Waals surface area contributed by atoms with Crippen molar-refractivity contribution in [2.24, 2.45) is 0 Å². The topological polar surface area (TPSA) is 72.6 Å². The zero-order valence-corrected chi connectivity index (χ0v) is 17.3. The lowest BCUT2D eigenvalue weighted by Crippen LogP contribution is -2.39. The van der Waals surface area contributed by atoms with Gasteiger partial charge in [0.1, 0.15) is 11.4 Å². The van der Waals surface area contributed by atoms with E-state index in [0.717, 1.165) is 47.7 Å². The average molecular weight is 413 g/mol. The van der Waals surface area contributed by atoms with Gasteiger partial charge in [0.25, 0.3) is 5.91 Å². The van der Waals surface area contributed by atoms with E-state index in [9.17, 15) is 4.79 Å². The van der Waals surface area contributed by atoms with E-state index < -0.39 is 0 Å². The fraction of sp³-hybridized carbons (Fsp3) is 0.250. The van der Waals surface area contributed by atoms with Crippen LogP contribution in [0.3, 0.4) is 0 Å². The zero-order valence-electron chi connectivity index (χ0n) is 17.3. The molecule has 1 saturated heterocycles. The molecule has 3 aromatic heterocycles. The molecule has 4 heterocycles. The highest BCUT2D eigenvalue weighted by Crippen LogP contribution is 2.28. The monoisotopic (exact) mass is 413 g/mol. The van der Waals surface area contributed by atoms with Crippen LogP contribution in [0.4, 0.5) is 0 Å². The van der Waals surface area contributed by atoms with Crippen molar-refractivity contribution < 1.29 is 9.53 Å². The Morgan fingerprint density at radius 3 is 2.87 bits per heavy atom. The summed E-state index contributed by atoms with van der Waals surface area (Å²) < 4.78 is 7.16. The molecule has 0 bridgehead atoms. The minimum atomic E-state index is -0.0330. The molecule has 0 aliphatic carbocycles. The first-order valence-corrected chi connectivity index (χ1v) is 10.4. The summed E-state index contributed by atoms with van der Waals surface area (Å²) in [5.74, 6) is 1.68. The van der Waals surface area contributed by atoms with Gasteiger partial charge in [0.2, 0.25) is 0 Å². The van der Waals surface area contributed by atoms with E-state index in [-0.39, 0.29) is 11.8 Å². The Kier molecular flexibility index (Phi) is 5.08. The smallest absolute Gasteiger partial charge is 0.272 e. The van der Waals surface area contributed by atoms with Crippen LogP contribution in [0, 0.1) is 0 Å². The van der Waals surface area contributed by atoms with E-state index in [1.807, 2.05) is 64.1 Å². The first kappa shape index (κ1) is 19.2. The molecule has 1 aliphatic heterocycles. The van der Waals surface area contributed by atoms with Crippen LogP contribution >= 0.6 is 0 Å². The average Bonchev–Trinajstić information content (AvgIpc) is 3.28. The summed E-state index contributed by atoms with van der Waals surface area (Å²) in [6.45, 7) is 1.34. The number of hydrogen-bond acceptors (Lipinski definition) is 5. The number of piperidine rings is 1. The lowest BCUT2D eigenvalue weighted by Gasteiger charge is -2.31. The highest BCUT2D eigenvalue weighted by atomic mass is 16.5. The Morgan fingerprint density at radius 1 is 1.10 bits per heavy atom. The van der Waals surface area contributed by atoms with Crippen molar-refractivity contribution in [1.82, 2.24) is 24.5 Å². The maximum Gasteiger partial charge on any atom is 0.272 e. The minimum Gasteiger partial charge on any atom is -0.497 e. The van der Waals surface area contributed by atoms with Gasteiger partial charge < -0.3 is 9.64 Å². The van der Waals surface area contributed by atoms with Crippen LogP contribution in [0.15, 0.2) is 67.0 Å². The summed E-state index contributed by atoms with van der Waals surface area (Å²) in [7, 11) is 1.66. The van der Waals surface area contributed by atoms with E-state index in [2.05, 4.69) is 4.98 Å². The number of methoxy groups -OCH3 is 1. The summed E-state index contributed by atoms with van der Waals surface area (Å²) >= 11 is 0. The molecule has 1 atom stereocenters. The second-order valence-corrected chi connectivity index (χ2v) is 7.73. The molecular weight excluding hydrogens is 390 g/mol. The number of benzene rings is 1. The van der Waals surface area contributed by atoms with Gasteiger partial charge in [-0.1, -0.05) is 18.2 Å². The molecule has 7 heteroatoms. The van der Waals surface area contributed by atoms with Gasteiger partial charge in [0.15, 0.2) is 11.5 Å². The van der Waals surface area contributed by atoms with Gasteiger partial charge >= 0.3 is 0 Å².